The van der Waals surface area contributed by atoms with Gasteiger partial charge in [-0.05, 0) is 129 Å². The monoisotopic (exact) mass is 573 g/mol. The number of phenols is 1. The molecular formula is C37H51NO4. The van der Waals surface area contributed by atoms with Gasteiger partial charge >= 0.3 is 0 Å². The Labute approximate surface area is 252 Å². The fraction of sp³-hybridized carbons (Fsp3) is 0.784. The van der Waals surface area contributed by atoms with Gasteiger partial charge in [-0.15, -0.1) is 0 Å². The Morgan fingerprint density at radius 2 is 1.88 bits per heavy atom. The van der Waals surface area contributed by atoms with Crippen molar-refractivity contribution in [1.82, 2.24) is 0 Å². The molecule has 7 fully saturated rings. The normalized spacial score (nSPS) is 48.0. The molecule has 9 rings (SSSR count). The summed E-state index contributed by atoms with van der Waals surface area (Å²) in [6, 6.07) is 5.96. The van der Waals surface area contributed by atoms with Gasteiger partial charge in [-0.3, -0.25) is 0 Å². The first kappa shape index (κ1) is 27.9. The number of aromatic hydroxyl groups is 1. The van der Waals surface area contributed by atoms with Gasteiger partial charge in [-0.1, -0.05) is 30.7 Å². The van der Waals surface area contributed by atoms with Gasteiger partial charge < -0.3 is 25.4 Å². The minimum absolute atomic E-state index is 0.0282. The van der Waals surface area contributed by atoms with E-state index in [4.69, 9.17) is 15.2 Å². The third-order valence-corrected chi connectivity index (χ3v) is 14.4. The van der Waals surface area contributed by atoms with Crippen molar-refractivity contribution >= 4 is 0 Å². The van der Waals surface area contributed by atoms with Crippen LogP contribution < -0.4 is 5.73 Å². The van der Waals surface area contributed by atoms with Crippen LogP contribution in [0.3, 0.4) is 0 Å². The van der Waals surface area contributed by atoms with Gasteiger partial charge in [0.25, 0.3) is 0 Å². The molecule has 10 unspecified atom stereocenters. The average Bonchev–Trinajstić information content (AvgIpc) is 3.39. The Balaban J connectivity index is 1.35. The van der Waals surface area contributed by atoms with Crippen LogP contribution >= 0.6 is 0 Å². The number of benzene rings is 1. The zero-order chi connectivity index (χ0) is 29.0. The molecule has 4 N–H and O–H groups in total. The van der Waals surface area contributed by atoms with E-state index in [9.17, 15) is 10.2 Å². The van der Waals surface area contributed by atoms with Crippen LogP contribution in [0.1, 0.15) is 95.1 Å². The largest absolute Gasteiger partial charge is 0.508 e. The van der Waals surface area contributed by atoms with Gasteiger partial charge in [0.15, 0.2) is 0 Å². The van der Waals surface area contributed by atoms with Gasteiger partial charge in [-0.2, -0.15) is 0 Å². The van der Waals surface area contributed by atoms with E-state index < -0.39 is 11.1 Å². The van der Waals surface area contributed by atoms with Crippen molar-refractivity contribution in [1.29, 1.82) is 0 Å². The van der Waals surface area contributed by atoms with Crippen molar-refractivity contribution in [2.24, 2.45) is 52.1 Å². The van der Waals surface area contributed by atoms with Crippen LogP contribution in [0.25, 0.3) is 0 Å². The third kappa shape index (κ3) is 3.65. The maximum Gasteiger partial charge on any atom is 0.115 e. The highest BCUT2D eigenvalue weighted by Crippen LogP contribution is 2.77. The van der Waals surface area contributed by atoms with E-state index in [1.807, 2.05) is 19.2 Å². The van der Waals surface area contributed by atoms with Gasteiger partial charge in [-0.25, -0.2) is 0 Å². The highest BCUT2D eigenvalue weighted by atomic mass is 16.5. The lowest BCUT2D eigenvalue weighted by molar-refractivity contribution is -0.395. The molecule has 1 aromatic carbocycles. The minimum Gasteiger partial charge on any atom is -0.508 e. The van der Waals surface area contributed by atoms with Crippen LogP contribution in [0, 0.1) is 58.2 Å². The first-order valence-corrected chi connectivity index (χ1v) is 17.1. The highest BCUT2D eigenvalue weighted by Gasteiger charge is 2.81. The predicted octanol–water partition coefficient (Wildman–Crippen LogP) is 5.78. The Morgan fingerprint density at radius 1 is 1.07 bits per heavy atom. The quantitative estimate of drug-likeness (QED) is 0.400. The van der Waals surface area contributed by atoms with Crippen LogP contribution in [0.2, 0.25) is 0 Å². The number of aliphatic hydroxyl groups is 1. The molecule has 5 heteroatoms. The molecule has 7 bridgehead atoms. The lowest BCUT2D eigenvalue weighted by Gasteiger charge is -2.80. The molecule has 1 aromatic rings. The Hall–Kier alpha value is -1.58. The molecule has 2 heterocycles. The third-order valence-electron chi connectivity index (χ3n) is 14.4. The van der Waals surface area contributed by atoms with Crippen LogP contribution in [0.5, 0.6) is 5.75 Å². The summed E-state index contributed by atoms with van der Waals surface area (Å²) < 4.78 is 13.7. The summed E-state index contributed by atoms with van der Waals surface area (Å²) in [5.41, 5.74) is 9.66. The Bertz CT molecular complexity index is 1310. The van der Waals surface area contributed by atoms with Crippen LogP contribution in [-0.4, -0.2) is 47.3 Å². The van der Waals surface area contributed by atoms with Gasteiger partial charge in [0.1, 0.15) is 5.75 Å². The second-order valence-electron chi connectivity index (χ2n) is 16.3. The molecule has 2 spiro atoms. The Morgan fingerprint density at radius 3 is 2.67 bits per heavy atom. The molecule has 0 radical (unpaired) electrons. The smallest absolute Gasteiger partial charge is 0.115 e. The summed E-state index contributed by atoms with van der Waals surface area (Å²) in [5, 5.41) is 21.4. The molecule has 0 amide bonds. The maximum absolute atomic E-state index is 11.0. The van der Waals surface area contributed by atoms with Crippen molar-refractivity contribution in [2.75, 3.05) is 20.3 Å². The molecule has 42 heavy (non-hydrogen) atoms. The summed E-state index contributed by atoms with van der Waals surface area (Å²) >= 11 is 0. The van der Waals surface area contributed by atoms with E-state index in [1.54, 1.807) is 0 Å². The predicted molar refractivity (Wildman–Crippen MR) is 163 cm³/mol. The number of methoxy groups -OCH3 is 1. The van der Waals surface area contributed by atoms with Crippen LogP contribution in [0.4, 0.5) is 0 Å². The lowest BCUT2D eigenvalue weighted by Crippen LogP contribution is -2.87. The van der Waals surface area contributed by atoms with E-state index >= 15 is 0 Å². The van der Waals surface area contributed by atoms with E-state index in [1.165, 1.54) is 44.1 Å². The zero-order valence-corrected chi connectivity index (χ0v) is 25.8. The van der Waals surface area contributed by atoms with Crippen molar-refractivity contribution < 1.29 is 19.7 Å². The highest BCUT2D eigenvalue weighted by molar-refractivity contribution is 5.41. The summed E-state index contributed by atoms with van der Waals surface area (Å²) in [5.74, 6) is 9.41. The molecule has 2 aliphatic heterocycles. The first-order chi connectivity index (χ1) is 20.2. The van der Waals surface area contributed by atoms with E-state index in [0.29, 0.717) is 35.3 Å². The summed E-state index contributed by atoms with van der Waals surface area (Å²) in [6.07, 6.45) is 16.0. The molecule has 8 aliphatic rings. The molecular weight excluding hydrogens is 522 g/mol. The second kappa shape index (κ2) is 9.46. The molecule has 6 aliphatic carbocycles. The number of nitrogens with two attached hydrogens (primary N) is 1. The zero-order valence-electron chi connectivity index (χ0n) is 25.8. The minimum atomic E-state index is -0.594. The van der Waals surface area contributed by atoms with E-state index in [0.717, 1.165) is 57.1 Å². The average molecular weight is 574 g/mol. The topological polar surface area (TPSA) is 84.9 Å². The number of rotatable bonds is 3. The molecule has 5 nitrogen and oxygen atoms in total. The van der Waals surface area contributed by atoms with Crippen molar-refractivity contribution in [3.8, 4) is 17.6 Å². The standard InChI is InChI=1S/C37H51NO4/c1-33-14-10-28(22-41-2)35-15-11-27(21-39)37(38,32(33)35)31-7-5-6-25-18-30(40)9-8-26(25)16-24-17-29(36(31,23-35)42-33)20-34(19-24)12-3-4-13-34/h8-9,18,24,27-29,31-32,39-40H,3-4,6,10-17,19-23,38H2,1-2H3. The van der Waals surface area contributed by atoms with Crippen molar-refractivity contribution in [2.45, 2.75) is 114 Å². The number of ether oxygens (including phenoxy) is 2. The molecule has 2 saturated heterocycles. The van der Waals surface area contributed by atoms with Crippen molar-refractivity contribution in [3.63, 3.8) is 0 Å². The number of aliphatic hydroxyl groups excluding tert-OH is 1. The molecule has 228 valence electrons. The maximum atomic E-state index is 11.0. The van der Waals surface area contributed by atoms with Crippen LogP contribution in [0.15, 0.2) is 18.2 Å². The molecule has 10 atom stereocenters. The fourth-order valence-corrected chi connectivity index (χ4v) is 13.3. The van der Waals surface area contributed by atoms with Crippen molar-refractivity contribution in [3.05, 3.63) is 29.3 Å². The van der Waals surface area contributed by atoms with Gasteiger partial charge in [0, 0.05) is 44.1 Å². The number of hydrogen-bond donors (Lipinski definition) is 3. The number of fused-ring (bicyclic) bond motifs is 3. The number of hydrogen-bond acceptors (Lipinski definition) is 5. The summed E-state index contributed by atoms with van der Waals surface area (Å²) in [4.78, 5) is 0. The van der Waals surface area contributed by atoms with Gasteiger partial charge in [0.2, 0.25) is 0 Å². The fourth-order valence-electron chi connectivity index (χ4n) is 13.3. The summed E-state index contributed by atoms with van der Waals surface area (Å²) in [7, 11) is 1.86. The lowest BCUT2D eigenvalue weighted by atomic mass is 9.31. The van der Waals surface area contributed by atoms with Crippen LogP contribution in [-0.2, 0) is 22.3 Å². The van der Waals surface area contributed by atoms with Gasteiger partial charge in [0.05, 0.1) is 17.1 Å². The van der Waals surface area contributed by atoms with E-state index in [2.05, 4.69) is 24.8 Å². The molecule has 0 aromatic heterocycles. The SMILES string of the molecule is COCC1CCC2(C)OC34CC15CCC(CO)C(N)(C25)C3C#CCc1cc(O)ccc1CC1CC4CC2(CCCC2)C1. The Kier molecular flexibility index (Phi) is 6.29. The molecule has 5 saturated carbocycles. The summed E-state index contributed by atoms with van der Waals surface area (Å²) in [6.45, 7) is 3.29. The second-order valence-corrected chi connectivity index (χ2v) is 16.3. The van der Waals surface area contributed by atoms with E-state index in [-0.39, 0.29) is 35.4 Å². The number of phenolic OH excluding ortho intramolecular Hbond substituents is 1. The first-order valence-electron chi connectivity index (χ1n) is 17.1.